The van der Waals surface area contributed by atoms with Crippen molar-refractivity contribution in [1.82, 2.24) is 10.6 Å². The van der Waals surface area contributed by atoms with Gasteiger partial charge in [-0.25, -0.2) is 0 Å². The summed E-state index contributed by atoms with van der Waals surface area (Å²) in [5.41, 5.74) is -1.99. The van der Waals surface area contributed by atoms with Gasteiger partial charge in [0.2, 0.25) is 5.91 Å². The second kappa shape index (κ2) is 5.92. The van der Waals surface area contributed by atoms with Crippen LogP contribution in [0.2, 0.25) is 0 Å². The number of alkyl halides is 1. The smallest absolute Gasteiger partial charge is 0.217 e. The fraction of sp³-hybridized carbons (Fsp3) is 0.786. The quantitative estimate of drug-likeness (QED) is 0.266. The van der Waals surface area contributed by atoms with E-state index in [4.69, 9.17) is 0 Å². The molecule has 2 aliphatic rings. The Bertz CT molecular complexity index is 460. The van der Waals surface area contributed by atoms with Gasteiger partial charge in [0.15, 0.2) is 6.29 Å². The van der Waals surface area contributed by atoms with E-state index in [-0.39, 0.29) is 11.9 Å². The Morgan fingerprint density at radius 3 is 2.52 bits per heavy atom. The summed E-state index contributed by atoms with van der Waals surface area (Å²) in [5, 5.41) is 16.3. The van der Waals surface area contributed by atoms with Gasteiger partial charge in [-0.15, -0.1) is 0 Å². The Kier molecular flexibility index (Phi) is 4.75. The molecule has 0 aromatic carbocycles. The van der Waals surface area contributed by atoms with Crippen molar-refractivity contribution >= 4 is 41.1 Å². The number of hydrogen-bond donors (Lipinski definition) is 3. The summed E-state index contributed by atoms with van der Waals surface area (Å²) in [6.07, 6.45) is 4.76. The molecule has 0 radical (unpaired) electrons. The topological polar surface area (TPSA) is 95.5 Å². The van der Waals surface area contributed by atoms with Crippen LogP contribution in [0.15, 0.2) is 0 Å². The van der Waals surface area contributed by atoms with Crippen LogP contribution < -0.4 is 10.6 Å². The molecule has 2 saturated carbocycles. The summed E-state index contributed by atoms with van der Waals surface area (Å²) in [4.78, 5) is 33.7. The van der Waals surface area contributed by atoms with Gasteiger partial charge in [0.1, 0.15) is 11.9 Å². The van der Waals surface area contributed by atoms with Gasteiger partial charge < -0.3 is 20.0 Å². The van der Waals surface area contributed by atoms with Crippen molar-refractivity contribution in [3.8, 4) is 0 Å². The molecule has 3 unspecified atom stereocenters. The molecule has 0 aromatic heterocycles. The maximum atomic E-state index is 11.6. The first-order chi connectivity index (χ1) is 9.74. The second-order valence-corrected chi connectivity index (χ2v) is 8.47. The van der Waals surface area contributed by atoms with Gasteiger partial charge in [-0.05, 0) is 32.1 Å². The lowest BCUT2D eigenvalue weighted by Gasteiger charge is -2.35. The lowest BCUT2D eigenvalue weighted by molar-refractivity contribution is -0.123. The maximum Gasteiger partial charge on any atom is 0.217 e. The van der Waals surface area contributed by atoms with E-state index >= 15 is 0 Å². The number of carbonyl (C=O) groups is 3. The highest BCUT2D eigenvalue weighted by Crippen LogP contribution is 2.44. The minimum Gasteiger partial charge on any atom is -0.382 e. The summed E-state index contributed by atoms with van der Waals surface area (Å²) >= 11 is 2.19. The number of halogens is 1. The van der Waals surface area contributed by atoms with E-state index in [0.717, 1.165) is 12.7 Å². The molecule has 0 heterocycles. The van der Waals surface area contributed by atoms with Gasteiger partial charge in [0.05, 0.1) is 9.08 Å². The largest absolute Gasteiger partial charge is 0.382 e. The van der Waals surface area contributed by atoms with Crippen molar-refractivity contribution in [3.63, 3.8) is 0 Å². The third-order valence-corrected chi connectivity index (χ3v) is 5.61. The van der Waals surface area contributed by atoms with E-state index in [9.17, 15) is 19.5 Å². The summed E-state index contributed by atoms with van der Waals surface area (Å²) in [6, 6.07) is -0.00782. The summed E-state index contributed by atoms with van der Waals surface area (Å²) in [6.45, 7) is 1.47. The number of rotatable bonds is 5. The normalized spacial score (nSPS) is 42.7. The third kappa shape index (κ3) is 3.81. The summed E-state index contributed by atoms with van der Waals surface area (Å²) in [7, 11) is 0. The van der Waals surface area contributed by atoms with Crippen LogP contribution in [-0.2, 0) is 14.4 Å². The van der Waals surface area contributed by atoms with Crippen LogP contribution in [0.4, 0.5) is 0 Å². The molecule has 3 N–H and O–H groups in total. The SMILES string of the molecule is CC(=O)NC1CCC(C=O)(N[C@@]2(I)CCC(O)(C=O)C2)C1. The predicted octanol–water partition coefficient (Wildman–Crippen LogP) is 0.447. The molecule has 0 aromatic rings. The van der Waals surface area contributed by atoms with Crippen LogP contribution in [0.1, 0.15) is 45.4 Å². The number of hydrogen-bond acceptors (Lipinski definition) is 5. The van der Waals surface area contributed by atoms with Crippen LogP contribution in [0.5, 0.6) is 0 Å². The van der Waals surface area contributed by atoms with Crippen LogP contribution >= 0.6 is 22.6 Å². The van der Waals surface area contributed by atoms with Gasteiger partial charge in [0.25, 0.3) is 0 Å². The highest BCUT2D eigenvalue weighted by molar-refractivity contribution is 14.1. The van der Waals surface area contributed by atoms with Crippen molar-refractivity contribution in [2.24, 2.45) is 0 Å². The first-order valence-electron chi connectivity index (χ1n) is 7.14. The van der Waals surface area contributed by atoms with Gasteiger partial charge >= 0.3 is 0 Å². The minimum absolute atomic E-state index is 0.00782. The Hall–Kier alpha value is -0.540. The highest BCUT2D eigenvalue weighted by Gasteiger charge is 2.51. The molecule has 118 valence electrons. The number of nitrogens with one attached hydrogen (secondary N) is 2. The van der Waals surface area contributed by atoms with Crippen molar-refractivity contribution in [3.05, 3.63) is 0 Å². The molecular weight excluding hydrogens is 387 g/mol. The van der Waals surface area contributed by atoms with Crippen molar-refractivity contribution in [2.75, 3.05) is 0 Å². The molecule has 0 saturated heterocycles. The standard InChI is InChI=1S/C14H21IN2O4/c1-10(20)16-11-2-3-12(6-11,8-18)17-14(15)5-4-13(21,7-14)9-19/h8-9,11,17,21H,2-7H2,1H3,(H,16,20)/t11?,12?,13?,14-/m0/s1. The van der Waals surface area contributed by atoms with Crippen LogP contribution in [0.25, 0.3) is 0 Å². The molecular formula is C14H21IN2O4. The van der Waals surface area contributed by atoms with E-state index in [0.29, 0.717) is 38.4 Å². The molecule has 0 bridgehead atoms. The Labute approximate surface area is 137 Å². The number of carbonyl (C=O) groups excluding carboxylic acids is 3. The number of aldehydes is 2. The van der Waals surface area contributed by atoms with E-state index < -0.39 is 14.7 Å². The molecule has 1 amide bonds. The van der Waals surface area contributed by atoms with Crippen LogP contribution in [-0.4, -0.2) is 44.3 Å². The predicted molar refractivity (Wildman–Crippen MR) is 85.0 cm³/mol. The van der Waals surface area contributed by atoms with Crippen LogP contribution in [0.3, 0.4) is 0 Å². The molecule has 0 spiro atoms. The van der Waals surface area contributed by atoms with E-state index in [1.165, 1.54) is 6.92 Å². The highest BCUT2D eigenvalue weighted by atomic mass is 127. The molecule has 6 nitrogen and oxygen atoms in total. The molecule has 2 aliphatic carbocycles. The second-order valence-electron chi connectivity index (χ2n) is 6.40. The Morgan fingerprint density at radius 1 is 1.29 bits per heavy atom. The fourth-order valence-corrected chi connectivity index (χ4v) is 4.93. The molecule has 21 heavy (non-hydrogen) atoms. The van der Waals surface area contributed by atoms with E-state index in [1.54, 1.807) is 0 Å². The zero-order valence-corrected chi connectivity index (χ0v) is 14.2. The molecule has 2 fully saturated rings. The first-order valence-corrected chi connectivity index (χ1v) is 8.22. The van der Waals surface area contributed by atoms with Gasteiger partial charge in [-0.3, -0.25) is 10.1 Å². The van der Waals surface area contributed by atoms with Gasteiger partial charge in [-0.2, -0.15) is 0 Å². The number of amides is 1. The summed E-state index contributed by atoms with van der Waals surface area (Å²) in [5.74, 6) is -0.0953. The van der Waals surface area contributed by atoms with Crippen molar-refractivity contribution < 1.29 is 19.5 Å². The van der Waals surface area contributed by atoms with Crippen LogP contribution in [0, 0.1) is 0 Å². The molecule has 4 atom stereocenters. The lowest BCUT2D eigenvalue weighted by Crippen LogP contribution is -2.55. The average Bonchev–Trinajstić information content (AvgIpc) is 2.92. The molecule has 0 aliphatic heterocycles. The van der Waals surface area contributed by atoms with Gasteiger partial charge in [-0.1, -0.05) is 22.6 Å². The zero-order chi connectivity index (χ0) is 15.7. The fourth-order valence-electron chi connectivity index (χ4n) is 3.47. The van der Waals surface area contributed by atoms with Gasteiger partial charge in [0, 0.05) is 19.4 Å². The first kappa shape index (κ1) is 16.8. The Morgan fingerprint density at radius 2 is 2.00 bits per heavy atom. The Balaban J connectivity index is 2.05. The van der Waals surface area contributed by atoms with Crippen molar-refractivity contribution in [1.29, 1.82) is 0 Å². The van der Waals surface area contributed by atoms with E-state index in [1.807, 2.05) is 0 Å². The van der Waals surface area contributed by atoms with Crippen molar-refractivity contribution in [2.45, 2.75) is 66.2 Å². The lowest BCUT2D eigenvalue weighted by atomic mass is 9.96. The molecule has 2 rings (SSSR count). The molecule has 7 heteroatoms. The maximum absolute atomic E-state index is 11.6. The monoisotopic (exact) mass is 408 g/mol. The number of aliphatic hydroxyl groups is 1. The average molecular weight is 408 g/mol. The zero-order valence-electron chi connectivity index (χ0n) is 12.0. The van der Waals surface area contributed by atoms with E-state index in [2.05, 4.69) is 33.2 Å². The summed E-state index contributed by atoms with van der Waals surface area (Å²) < 4.78 is -0.473. The minimum atomic E-state index is -1.30. The third-order valence-electron chi connectivity index (χ3n) is 4.42.